The van der Waals surface area contributed by atoms with Gasteiger partial charge in [-0.25, -0.2) is 0 Å². The average molecular weight is 310 g/mol. The first kappa shape index (κ1) is 19.0. The third kappa shape index (κ3) is 9.06. The van der Waals surface area contributed by atoms with E-state index < -0.39 is 5.97 Å². The molecular formula is C18H34N2O2. The third-order valence-electron chi connectivity index (χ3n) is 4.51. The Morgan fingerprint density at radius 3 is 2.73 bits per heavy atom. The van der Waals surface area contributed by atoms with Gasteiger partial charge in [0.05, 0.1) is 0 Å². The van der Waals surface area contributed by atoms with E-state index in [9.17, 15) is 4.79 Å². The normalized spacial score (nSPS) is 19.7. The molecule has 0 aromatic rings. The zero-order valence-corrected chi connectivity index (χ0v) is 14.3. The van der Waals surface area contributed by atoms with Gasteiger partial charge in [-0.2, -0.15) is 5.10 Å². The maximum Gasteiger partial charge on any atom is 0.303 e. The maximum absolute atomic E-state index is 10.4. The first-order valence-corrected chi connectivity index (χ1v) is 9.25. The Labute approximate surface area is 135 Å². The molecule has 0 aliphatic heterocycles. The Morgan fingerprint density at radius 1 is 1.18 bits per heavy atom. The minimum Gasteiger partial charge on any atom is -0.481 e. The van der Waals surface area contributed by atoms with Gasteiger partial charge < -0.3 is 10.5 Å². The molecule has 4 heteroatoms. The number of hydrogen-bond acceptors (Lipinski definition) is 3. The summed E-state index contributed by atoms with van der Waals surface area (Å²) in [5.41, 5.74) is 4.64. The fraction of sp³-hybridized carbons (Fsp3) is 0.889. The molecule has 1 aliphatic carbocycles. The second-order valence-corrected chi connectivity index (χ2v) is 6.51. The summed E-state index contributed by atoms with van der Waals surface area (Å²) in [6.45, 7) is 3.24. The van der Waals surface area contributed by atoms with Gasteiger partial charge in [0.25, 0.3) is 0 Å². The summed E-state index contributed by atoms with van der Waals surface area (Å²) >= 11 is 0. The van der Waals surface area contributed by atoms with Crippen molar-refractivity contribution in [1.29, 1.82) is 0 Å². The van der Waals surface area contributed by atoms with Gasteiger partial charge in [-0.15, -0.1) is 0 Å². The van der Waals surface area contributed by atoms with E-state index in [4.69, 9.17) is 5.11 Å². The first-order valence-electron chi connectivity index (χ1n) is 9.25. The molecule has 0 amide bonds. The Kier molecular flexibility index (Phi) is 10.8. The van der Waals surface area contributed by atoms with Crippen LogP contribution in [0.2, 0.25) is 0 Å². The van der Waals surface area contributed by atoms with E-state index in [2.05, 4.69) is 17.5 Å². The quantitative estimate of drug-likeness (QED) is 0.381. The number of carboxylic acids is 1. The van der Waals surface area contributed by atoms with Crippen LogP contribution in [-0.2, 0) is 4.79 Å². The van der Waals surface area contributed by atoms with Crippen LogP contribution in [0, 0.1) is 5.92 Å². The van der Waals surface area contributed by atoms with Gasteiger partial charge >= 0.3 is 5.97 Å². The van der Waals surface area contributed by atoms with Crippen molar-refractivity contribution in [3.63, 3.8) is 0 Å². The van der Waals surface area contributed by atoms with E-state index in [-0.39, 0.29) is 0 Å². The topological polar surface area (TPSA) is 61.7 Å². The summed E-state index contributed by atoms with van der Waals surface area (Å²) < 4.78 is 0. The predicted molar refractivity (Wildman–Crippen MR) is 92.3 cm³/mol. The number of carboxylic acid groups (broad SMARTS) is 1. The molecule has 1 aliphatic rings. The molecule has 22 heavy (non-hydrogen) atoms. The molecule has 1 saturated carbocycles. The summed E-state index contributed by atoms with van der Waals surface area (Å²) in [7, 11) is 0. The molecule has 128 valence electrons. The summed E-state index contributed by atoms with van der Waals surface area (Å²) in [5, 5.41) is 13.2. The van der Waals surface area contributed by atoms with E-state index in [0.717, 1.165) is 32.2 Å². The van der Waals surface area contributed by atoms with Crippen molar-refractivity contribution in [2.45, 2.75) is 90.4 Å². The van der Waals surface area contributed by atoms with Crippen LogP contribution in [0.1, 0.15) is 90.4 Å². The Bertz CT molecular complexity index is 329. The molecule has 4 nitrogen and oxygen atoms in total. The van der Waals surface area contributed by atoms with E-state index in [1.807, 2.05) is 0 Å². The number of unbranched alkanes of at least 4 members (excludes halogenated alkanes) is 6. The van der Waals surface area contributed by atoms with Crippen LogP contribution in [0.15, 0.2) is 5.10 Å². The number of nitrogens with zero attached hydrogens (tertiary/aromatic N) is 1. The second-order valence-electron chi connectivity index (χ2n) is 6.51. The highest BCUT2D eigenvalue weighted by Crippen LogP contribution is 2.27. The van der Waals surface area contributed by atoms with Crippen LogP contribution in [0.3, 0.4) is 0 Å². The molecule has 0 radical (unpaired) electrons. The van der Waals surface area contributed by atoms with E-state index in [1.165, 1.54) is 57.1 Å². The van der Waals surface area contributed by atoms with E-state index in [0.29, 0.717) is 12.3 Å². The lowest BCUT2D eigenvalue weighted by atomic mass is 9.98. The third-order valence-corrected chi connectivity index (χ3v) is 4.51. The number of hydrazone groups is 1. The van der Waals surface area contributed by atoms with Gasteiger partial charge in [0.15, 0.2) is 0 Å². The maximum atomic E-state index is 10.4. The standard InChI is InChI=1S/C18H34N2O2/c1-2-3-4-9-15-19-20-17-13-10-12-16(17)11-7-5-6-8-14-18(21)22/h16,19H,2-15H2,1H3,(H,21,22)/b20-17+/t16-/m0/s1. The SMILES string of the molecule is CCCCCCN/N=C1\CCC[C@@H]1CCCCCCC(=O)O. The highest BCUT2D eigenvalue weighted by molar-refractivity contribution is 5.88. The number of carbonyl (C=O) groups is 1. The minimum atomic E-state index is -0.671. The summed E-state index contributed by atoms with van der Waals surface area (Å²) in [6, 6.07) is 0. The smallest absolute Gasteiger partial charge is 0.303 e. The van der Waals surface area contributed by atoms with Gasteiger partial charge in [-0.05, 0) is 44.4 Å². The predicted octanol–water partition coefficient (Wildman–Crippen LogP) is 4.74. The van der Waals surface area contributed by atoms with Gasteiger partial charge in [0, 0.05) is 18.7 Å². The van der Waals surface area contributed by atoms with Crippen molar-refractivity contribution in [1.82, 2.24) is 5.43 Å². The molecule has 1 atom stereocenters. The molecule has 1 fully saturated rings. The van der Waals surface area contributed by atoms with Gasteiger partial charge in [-0.3, -0.25) is 4.79 Å². The molecule has 0 saturated heterocycles. The zero-order valence-electron chi connectivity index (χ0n) is 14.3. The van der Waals surface area contributed by atoms with Gasteiger partial charge in [0.2, 0.25) is 0 Å². The Balaban J connectivity index is 2.08. The number of nitrogens with one attached hydrogen (secondary N) is 1. The highest BCUT2D eigenvalue weighted by Gasteiger charge is 2.21. The molecule has 1 rings (SSSR count). The van der Waals surface area contributed by atoms with Crippen LogP contribution < -0.4 is 5.43 Å². The summed E-state index contributed by atoms with van der Waals surface area (Å²) in [5.74, 6) is -0.00200. The van der Waals surface area contributed by atoms with Crippen molar-refractivity contribution in [3.8, 4) is 0 Å². The van der Waals surface area contributed by atoms with E-state index >= 15 is 0 Å². The highest BCUT2D eigenvalue weighted by atomic mass is 16.4. The van der Waals surface area contributed by atoms with Gasteiger partial charge in [-0.1, -0.05) is 45.4 Å². The molecule has 0 unspecified atom stereocenters. The average Bonchev–Trinajstić information content (AvgIpc) is 2.93. The van der Waals surface area contributed by atoms with Crippen molar-refractivity contribution in [2.75, 3.05) is 6.54 Å². The molecule has 0 bridgehead atoms. The monoisotopic (exact) mass is 310 g/mol. The Morgan fingerprint density at radius 2 is 1.95 bits per heavy atom. The van der Waals surface area contributed by atoms with Crippen LogP contribution in [0.5, 0.6) is 0 Å². The molecule has 0 aromatic carbocycles. The van der Waals surface area contributed by atoms with Crippen LogP contribution in [-0.4, -0.2) is 23.3 Å². The fourth-order valence-corrected chi connectivity index (χ4v) is 3.17. The molecule has 2 N–H and O–H groups in total. The lowest BCUT2D eigenvalue weighted by Gasteiger charge is -2.11. The fourth-order valence-electron chi connectivity index (χ4n) is 3.17. The molecule has 0 spiro atoms. The minimum absolute atomic E-state index is 0.318. The first-order chi connectivity index (χ1) is 10.7. The van der Waals surface area contributed by atoms with Gasteiger partial charge in [0.1, 0.15) is 0 Å². The van der Waals surface area contributed by atoms with Crippen molar-refractivity contribution in [2.24, 2.45) is 11.0 Å². The lowest BCUT2D eigenvalue weighted by Crippen LogP contribution is -2.15. The van der Waals surface area contributed by atoms with Crippen LogP contribution in [0.4, 0.5) is 0 Å². The molecular weight excluding hydrogens is 276 g/mol. The van der Waals surface area contributed by atoms with Crippen molar-refractivity contribution in [3.05, 3.63) is 0 Å². The lowest BCUT2D eigenvalue weighted by molar-refractivity contribution is -0.137. The van der Waals surface area contributed by atoms with Crippen molar-refractivity contribution >= 4 is 11.7 Å². The van der Waals surface area contributed by atoms with Crippen LogP contribution >= 0.6 is 0 Å². The Hall–Kier alpha value is -1.06. The molecule has 0 aromatic heterocycles. The second kappa shape index (κ2) is 12.5. The number of hydrogen-bond donors (Lipinski definition) is 2. The van der Waals surface area contributed by atoms with Crippen LogP contribution in [0.25, 0.3) is 0 Å². The summed E-state index contributed by atoms with van der Waals surface area (Å²) in [6.07, 6.45) is 14.6. The number of aliphatic carboxylic acids is 1. The largest absolute Gasteiger partial charge is 0.481 e. The number of rotatable bonds is 13. The summed E-state index contributed by atoms with van der Waals surface area (Å²) in [4.78, 5) is 10.4. The van der Waals surface area contributed by atoms with Crippen molar-refractivity contribution < 1.29 is 9.90 Å². The van der Waals surface area contributed by atoms with E-state index in [1.54, 1.807) is 0 Å². The zero-order chi connectivity index (χ0) is 16.0. The molecule has 0 heterocycles.